The zero-order valence-corrected chi connectivity index (χ0v) is 7.49. The summed E-state index contributed by atoms with van der Waals surface area (Å²) in [6.07, 6.45) is 1.19. The summed E-state index contributed by atoms with van der Waals surface area (Å²) in [6.45, 7) is 1.80. The lowest BCUT2D eigenvalue weighted by atomic mass is 10.2. The maximum absolute atomic E-state index is 11.2. The molecule has 1 aromatic rings. The van der Waals surface area contributed by atoms with Crippen LogP contribution in [0.4, 0.5) is 0 Å². The van der Waals surface area contributed by atoms with E-state index in [1.165, 1.54) is 13.4 Å². The molecule has 4 heteroatoms. The average molecular weight is 182 g/mol. The minimum atomic E-state index is -0.556. The van der Waals surface area contributed by atoms with Gasteiger partial charge in [0.2, 0.25) is 5.78 Å². The van der Waals surface area contributed by atoms with Crippen LogP contribution in [0.2, 0.25) is 0 Å². The summed E-state index contributed by atoms with van der Waals surface area (Å²) in [5, 5.41) is 0. The van der Waals surface area contributed by atoms with Crippen molar-refractivity contribution in [2.75, 3.05) is 7.11 Å². The summed E-state index contributed by atoms with van der Waals surface area (Å²) in [5.74, 6) is -0.720. The van der Waals surface area contributed by atoms with Gasteiger partial charge in [-0.3, -0.25) is 9.59 Å². The lowest BCUT2D eigenvalue weighted by Gasteiger charge is -1.94. The van der Waals surface area contributed by atoms with Gasteiger partial charge in [-0.2, -0.15) is 0 Å². The molecule has 0 amide bonds. The van der Waals surface area contributed by atoms with Crippen molar-refractivity contribution >= 4 is 11.8 Å². The fraction of sp³-hybridized carbons (Fsp3) is 0.333. The van der Waals surface area contributed by atoms with Gasteiger partial charge in [0, 0.05) is 0 Å². The molecule has 0 aliphatic carbocycles. The molecule has 0 atom stereocenters. The fourth-order valence-electron chi connectivity index (χ4n) is 0.868. The highest BCUT2D eigenvalue weighted by Crippen LogP contribution is 2.08. The summed E-state index contributed by atoms with van der Waals surface area (Å²) in [6, 6.07) is 1.59. The Bertz CT molecular complexity index is 324. The number of carbonyl (C=O) groups excluding carboxylic acids is 2. The zero-order chi connectivity index (χ0) is 9.84. The Labute approximate surface area is 75.5 Å². The van der Waals surface area contributed by atoms with Crippen LogP contribution in [-0.4, -0.2) is 18.9 Å². The molecule has 0 unspecified atom stereocenters. The largest absolute Gasteiger partial charge is 0.469 e. The third kappa shape index (κ3) is 2.43. The molecular formula is C9H10O4. The van der Waals surface area contributed by atoms with Gasteiger partial charge in [-0.25, -0.2) is 0 Å². The third-order valence-electron chi connectivity index (χ3n) is 1.54. The van der Waals surface area contributed by atoms with E-state index in [4.69, 9.17) is 4.42 Å². The van der Waals surface area contributed by atoms with E-state index >= 15 is 0 Å². The molecule has 70 valence electrons. The van der Waals surface area contributed by atoms with Gasteiger partial charge in [-0.05, 0) is 18.6 Å². The van der Waals surface area contributed by atoms with Gasteiger partial charge in [0.25, 0.3) is 0 Å². The number of Topliss-reactive ketones (excluding diaryl/α,β-unsaturated/α-hetero) is 1. The predicted octanol–water partition coefficient (Wildman–Crippen LogP) is 1.33. The van der Waals surface area contributed by atoms with Gasteiger partial charge in [-0.15, -0.1) is 0 Å². The van der Waals surface area contributed by atoms with Crippen molar-refractivity contribution in [2.45, 2.75) is 13.3 Å². The van der Waals surface area contributed by atoms with Crippen molar-refractivity contribution in [3.63, 3.8) is 0 Å². The molecule has 0 saturated carbocycles. The van der Waals surface area contributed by atoms with E-state index in [9.17, 15) is 9.59 Å². The molecule has 0 aliphatic heterocycles. The molecule has 0 aliphatic rings. The lowest BCUT2D eigenvalue weighted by molar-refractivity contribution is -0.139. The number of carbonyl (C=O) groups is 2. The number of hydrogen-bond donors (Lipinski definition) is 0. The summed E-state index contributed by atoms with van der Waals surface area (Å²) >= 11 is 0. The second-order valence-corrected chi connectivity index (χ2v) is 2.66. The number of ether oxygens (including phenoxy) is 1. The van der Waals surface area contributed by atoms with Crippen LogP contribution >= 0.6 is 0 Å². The van der Waals surface area contributed by atoms with E-state index in [2.05, 4.69) is 4.74 Å². The molecule has 0 saturated heterocycles. The van der Waals surface area contributed by atoms with Gasteiger partial charge in [0.05, 0.1) is 13.4 Å². The molecule has 0 spiro atoms. The van der Waals surface area contributed by atoms with Crippen LogP contribution in [-0.2, 0) is 9.53 Å². The Hall–Kier alpha value is -1.58. The molecule has 0 bridgehead atoms. The Morgan fingerprint density at radius 1 is 1.54 bits per heavy atom. The second-order valence-electron chi connectivity index (χ2n) is 2.66. The number of rotatable bonds is 3. The topological polar surface area (TPSA) is 56.5 Å². The maximum atomic E-state index is 11.2. The molecule has 0 N–H and O–H groups in total. The number of esters is 1. The van der Waals surface area contributed by atoms with Crippen molar-refractivity contribution in [3.05, 3.63) is 23.7 Å². The molecule has 1 rings (SSSR count). The molecule has 1 aromatic heterocycles. The smallest absolute Gasteiger partial charge is 0.313 e. The van der Waals surface area contributed by atoms with Crippen LogP contribution < -0.4 is 0 Å². The molecule has 1 heterocycles. The fourth-order valence-corrected chi connectivity index (χ4v) is 0.868. The average Bonchev–Trinajstić information content (AvgIpc) is 2.51. The van der Waals surface area contributed by atoms with Crippen molar-refractivity contribution in [2.24, 2.45) is 0 Å². The minimum absolute atomic E-state index is 0.197. The van der Waals surface area contributed by atoms with Crippen LogP contribution in [0.5, 0.6) is 0 Å². The Morgan fingerprint density at radius 2 is 2.23 bits per heavy atom. The normalized spacial score (nSPS) is 9.69. The van der Waals surface area contributed by atoms with Gasteiger partial charge in [-0.1, -0.05) is 0 Å². The predicted molar refractivity (Wildman–Crippen MR) is 44.4 cm³/mol. The van der Waals surface area contributed by atoms with Crippen LogP contribution in [0.15, 0.2) is 16.7 Å². The molecule has 4 nitrogen and oxygen atoms in total. The monoisotopic (exact) mass is 182 g/mol. The Morgan fingerprint density at radius 3 is 2.69 bits per heavy atom. The SMILES string of the molecule is COC(=O)CC(=O)c1cc(C)co1. The van der Waals surface area contributed by atoms with E-state index in [1.54, 1.807) is 13.0 Å². The van der Waals surface area contributed by atoms with Crippen molar-refractivity contribution in [1.82, 2.24) is 0 Å². The number of ketones is 1. The lowest BCUT2D eigenvalue weighted by Crippen LogP contribution is -2.08. The first-order valence-corrected chi connectivity index (χ1v) is 3.78. The number of furan rings is 1. The van der Waals surface area contributed by atoms with Crippen LogP contribution in [0.25, 0.3) is 0 Å². The minimum Gasteiger partial charge on any atom is -0.469 e. The molecular weight excluding hydrogens is 172 g/mol. The first-order valence-electron chi connectivity index (χ1n) is 3.78. The van der Waals surface area contributed by atoms with E-state index in [-0.39, 0.29) is 18.0 Å². The third-order valence-corrected chi connectivity index (χ3v) is 1.54. The van der Waals surface area contributed by atoms with E-state index in [0.29, 0.717) is 0 Å². The number of hydrogen-bond acceptors (Lipinski definition) is 4. The van der Waals surface area contributed by atoms with Gasteiger partial charge >= 0.3 is 5.97 Å². The highest BCUT2D eigenvalue weighted by atomic mass is 16.5. The van der Waals surface area contributed by atoms with Gasteiger partial charge in [0.15, 0.2) is 5.76 Å². The standard InChI is InChI=1S/C9H10O4/c1-6-3-8(13-5-6)7(10)4-9(11)12-2/h3,5H,4H2,1-2H3. The highest BCUT2D eigenvalue weighted by molar-refractivity contribution is 6.04. The van der Waals surface area contributed by atoms with Crippen LogP contribution in [0.3, 0.4) is 0 Å². The summed E-state index contributed by atoms with van der Waals surface area (Å²) < 4.78 is 9.26. The zero-order valence-electron chi connectivity index (χ0n) is 7.49. The molecule has 13 heavy (non-hydrogen) atoms. The molecule has 0 fully saturated rings. The number of aryl methyl sites for hydroxylation is 1. The van der Waals surface area contributed by atoms with E-state index < -0.39 is 5.97 Å². The van der Waals surface area contributed by atoms with Crippen LogP contribution in [0, 0.1) is 6.92 Å². The highest BCUT2D eigenvalue weighted by Gasteiger charge is 2.14. The maximum Gasteiger partial charge on any atom is 0.313 e. The van der Waals surface area contributed by atoms with Gasteiger partial charge in [0.1, 0.15) is 6.42 Å². The Kier molecular flexibility index (Phi) is 2.84. The van der Waals surface area contributed by atoms with E-state index in [1.807, 2.05) is 0 Å². The van der Waals surface area contributed by atoms with Crippen molar-refractivity contribution in [1.29, 1.82) is 0 Å². The second kappa shape index (κ2) is 3.89. The van der Waals surface area contributed by atoms with Gasteiger partial charge < -0.3 is 9.15 Å². The molecule has 0 radical (unpaired) electrons. The first kappa shape index (κ1) is 9.51. The first-order chi connectivity index (χ1) is 6.13. The van der Waals surface area contributed by atoms with Crippen LogP contribution in [0.1, 0.15) is 22.5 Å². The quantitative estimate of drug-likeness (QED) is 0.402. The van der Waals surface area contributed by atoms with E-state index in [0.717, 1.165) is 5.56 Å². The van der Waals surface area contributed by atoms with Crippen molar-refractivity contribution < 1.29 is 18.7 Å². The number of methoxy groups -OCH3 is 1. The summed E-state index contributed by atoms with van der Waals surface area (Å²) in [4.78, 5) is 22.0. The Balaban J connectivity index is 2.64. The summed E-state index contributed by atoms with van der Waals surface area (Å²) in [7, 11) is 1.24. The molecule has 0 aromatic carbocycles. The van der Waals surface area contributed by atoms with Crippen molar-refractivity contribution in [3.8, 4) is 0 Å². The summed E-state index contributed by atoms with van der Waals surface area (Å²) in [5.41, 5.74) is 0.855.